The van der Waals surface area contributed by atoms with Gasteiger partial charge in [-0.05, 0) is 57.0 Å². The fraction of sp³-hybridized carbons (Fsp3) is 0.429. The summed E-state index contributed by atoms with van der Waals surface area (Å²) >= 11 is 0. The Kier molecular flexibility index (Phi) is 3.82. The van der Waals surface area contributed by atoms with E-state index in [1.54, 1.807) is 0 Å². The second kappa shape index (κ2) is 6.23. The van der Waals surface area contributed by atoms with E-state index >= 15 is 0 Å². The van der Waals surface area contributed by atoms with Crippen LogP contribution in [0.2, 0.25) is 0 Å². The van der Waals surface area contributed by atoms with Crippen LogP contribution >= 0.6 is 0 Å². The Balaban J connectivity index is 1.49. The van der Waals surface area contributed by atoms with Gasteiger partial charge in [-0.2, -0.15) is 5.10 Å². The molecule has 6 heteroatoms. The predicted molar refractivity (Wildman–Crippen MR) is 105 cm³/mol. The second-order valence-corrected chi connectivity index (χ2v) is 7.80. The SMILES string of the molecule is CC(C)Oc1ccc2[nH]nc(-c3ccnc(N4CCOC5(CC5)C4)c3)c2c1. The molecule has 6 nitrogen and oxygen atoms in total. The van der Waals surface area contributed by atoms with E-state index in [1.165, 1.54) is 0 Å². The summed E-state index contributed by atoms with van der Waals surface area (Å²) in [5, 5.41) is 8.75. The molecule has 1 N–H and O–H groups in total. The number of nitrogens with one attached hydrogen (secondary N) is 1. The summed E-state index contributed by atoms with van der Waals surface area (Å²) in [6, 6.07) is 10.2. The Bertz CT molecular complexity index is 977. The Hall–Kier alpha value is -2.60. The van der Waals surface area contributed by atoms with E-state index in [4.69, 9.17) is 9.47 Å². The first-order valence-electron chi connectivity index (χ1n) is 9.62. The van der Waals surface area contributed by atoms with E-state index in [-0.39, 0.29) is 11.7 Å². The molecule has 1 aromatic carbocycles. The van der Waals surface area contributed by atoms with Crippen molar-refractivity contribution in [1.29, 1.82) is 0 Å². The van der Waals surface area contributed by atoms with Crippen LogP contribution in [0.5, 0.6) is 5.75 Å². The second-order valence-electron chi connectivity index (χ2n) is 7.80. The summed E-state index contributed by atoms with van der Waals surface area (Å²) in [5.74, 6) is 1.85. The van der Waals surface area contributed by atoms with E-state index in [0.29, 0.717) is 0 Å². The molecule has 140 valence electrons. The molecule has 27 heavy (non-hydrogen) atoms. The van der Waals surface area contributed by atoms with Gasteiger partial charge in [0.15, 0.2) is 0 Å². The molecule has 3 heterocycles. The molecule has 2 fully saturated rings. The average Bonchev–Trinajstić information content (AvgIpc) is 3.27. The number of aromatic nitrogens is 3. The zero-order chi connectivity index (χ0) is 18.4. The lowest BCUT2D eigenvalue weighted by Gasteiger charge is -2.34. The number of anilines is 1. The van der Waals surface area contributed by atoms with Crippen molar-refractivity contribution < 1.29 is 9.47 Å². The first-order chi connectivity index (χ1) is 13.1. The molecule has 2 aromatic heterocycles. The highest BCUT2D eigenvalue weighted by molar-refractivity contribution is 5.94. The monoisotopic (exact) mass is 364 g/mol. The number of ether oxygens (including phenoxy) is 2. The fourth-order valence-electron chi connectivity index (χ4n) is 3.78. The molecular weight excluding hydrogens is 340 g/mol. The minimum atomic E-state index is 0.0814. The average molecular weight is 364 g/mol. The van der Waals surface area contributed by atoms with Crippen LogP contribution < -0.4 is 9.64 Å². The first kappa shape index (κ1) is 16.6. The van der Waals surface area contributed by atoms with Gasteiger partial charge in [0.25, 0.3) is 0 Å². The molecule has 0 unspecified atom stereocenters. The Morgan fingerprint density at radius 2 is 2.11 bits per heavy atom. The van der Waals surface area contributed by atoms with Crippen molar-refractivity contribution in [1.82, 2.24) is 15.2 Å². The molecule has 1 spiro atoms. The van der Waals surface area contributed by atoms with Crippen molar-refractivity contribution >= 4 is 16.7 Å². The summed E-state index contributed by atoms with van der Waals surface area (Å²) in [6.07, 6.45) is 4.33. The summed E-state index contributed by atoms with van der Waals surface area (Å²) < 4.78 is 11.8. The number of rotatable bonds is 4. The first-order valence-corrected chi connectivity index (χ1v) is 9.62. The van der Waals surface area contributed by atoms with Gasteiger partial charge in [-0.25, -0.2) is 4.98 Å². The largest absolute Gasteiger partial charge is 0.491 e. The van der Waals surface area contributed by atoms with Gasteiger partial charge >= 0.3 is 0 Å². The van der Waals surface area contributed by atoms with Crippen LogP contribution in [-0.2, 0) is 4.74 Å². The standard InChI is InChI=1S/C21H24N4O2/c1-14(2)27-16-3-4-18-17(12-16)20(24-23-18)15-5-8-22-19(11-15)25-9-10-26-21(13-25)6-7-21/h3-5,8,11-12,14H,6-7,9-10,13H2,1-2H3,(H,23,24). The molecule has 0 amide bonds. The third kappa shape index (κ3) is 3.14. The summed E-state index contributed by atoms with van der Waals surface area (Å²) in [6.45, 7) is 6.64. The molecule has 1 aliphatic carbocycles. The lowest BCUT2D eigenvalue weighted by molar-refractivity contribution is 0.0204. The molecule has 0 atom stereocenters. The molecule has 1 aliphatic heterocycles. The molecule has 1 saturated heterocycles. The molecule has 0 radical (unpaired) electrons. The lowest BCUT2D eigenvalue weighted by atomic mass is 10.1. The molecule has 0 bridgehead atoms. The van der Waals surface area contributed by atoms with Crippen molar-refractivity contribution in [3.63, 3.8) is 0 Å². The van der Waals surface area contributed by atoms with E-state index in [0.717, 1.165) is 66.3 Å². The van der Waals surface area contributed by atoms with Gasteiger partial charge in [0, 0.05) is 30.2 Å². The van der Waals surface area contributed by atoms with Gasteiger partial charge in [0.1, 0.15) is 17.3 Å². The van der Waals surface area contributed by atoms with Crippen molar-refractivity contribution in [3.05, 3.63) is 36.5 Å². The van der Waals surface area contributed by atoms with E-state index in [2.05, 4.69) is 32.2 Å². The van der Waals surface area contributed by atoms with Gasteiger partial charge in [0.2, 0.25) is 0 Å². The van der Waals surface area contributed by atoms with Crippen LogP contribution in [0.4, 0.5) is 5.82 Å². The van der Waals surface area contributed by atoms with Crippen molar-refractivity contribution in [3.8, 4) is 17.0 Å². The Morgan fingerprint density at radius 1 is 1.22 bits per heavy atom. The van der Waals surface area contributed by atoms with E-state index in [1.807, 2.05) is 38.2 Å². The molecule has 2 aliphatic rings. The number of hydrogen-bond acceptors (Lipinski definition) is 5. The number of nitrogens with zero attached hydrogens (tertiary/aromatic N) is 3. The molecule has 5 rings (SSSR count). The minimum absolute atomic E-state index is 0.0814. The maximum absolute atomic E-state index is 5.93. The van der Waals surface area contributed by atoms with Crippen molar-refractivity contribution in [2.75, 3.05) is 24.6 Å². The highest BCUT2D eigenvalue weighted by Crippen LogP contribution is 2.43. The molecule has 1 saturated carbocycles. The van der Waals surface area contributed by atoms with Crippen LogP contribution in [-0.4, -0.2) is 46.6 Å². The quantitative estimate of drug-likeness (QED) is 0.763. The van der Waals surface area contributed by atoms with Crippen molar-refractivity contribution in [2.24, 2.45) is 0 Å². The number of H-pyrrole nitrogens is 1. The Morgan fingerprint density at radius 3 is 2.93 bits per heavy atom. The van der Waals surface area contributed by atoms with Gasteiger partial charge in [-0.15, -0.1) is 0 Å². The highest BCUT2D eigenvalue weighted by Gasteiger charge is 2.47. The van der Waals surface area contributed by atoms with E-state index < -0.39 is 0 Å². The van der Waals surface area contributed by atoms with Crippen LogP contribution in [0.15, 0.2) is 36.5 Å². The molecular formula is C21H24N4O2. The minimum Gasteiger partial charge on any atom is -0.491 e. The predicted octanol–water partition coefficient (Wildman–Crippen LogP) is 3.78. The number of morpholine rings is 1. The number of pyridine rings is 1. The zero-order valence-electron chi connectivity index (χ0n) is 15.7. The zero-order valence-corrected chi connectivity index (χ0v) is 15.7. The van der Waals surface area contributed by atoms with Gasteiger partial charge in [-0.1, -0.05) is 0 Å². The maximum atomic E-state index is 5.93. The Labute approximate surface area is 158 Å². The summed E-state index contributed by atoms with van der Waals surface area (Å²) in [5.41, 5.74) is 3.07. The fourth-order valence-corrected chi connectivity index (χ4v) is 3.78. The third-order valence-corrected chi connectivity index (χ3v) is 5.31. The normalized spacial score (nSPS) is 18.4. The smallest absolute Gasteiger partial charge is 0.129 e. The van der Waals surface area contributed by atoms with Crippen molar-refractivity contribution in [2.45, 2.75) is 38.4 Å². The summed E-state index contributed by atoms with van der Waals surface area (Å²) in [7, 11) is 0. The topological polar surface area (TPSA) is 63.3 Å². The van der Waals surface area contributed by atoms with Crippen LogP contribution in [0, 0.1) is 0 Å². The van der Waals surface area contributed by atoms with Gasteiger partial charge in [0.05, 0.1) is 23.8 Å². The lowest BCUT2D eigenvalue weighted by Crippen LogP contribution is -2.44. The number of hydrogen-bond donors (Lipinski definition) is 1. The summed E-state index contributed by atoms with van der Waals surface area (Å²) in [4.78, 5) is 6.95. The van der Waals surface area contributed by atoms with Crippen LogP contribution in [0.3, 0.4) is 0 Å². The van der Waals surface area contributed by atoms with Gasteiger partial charge < -0.3 is 14.4 Å². The maximum Gasteiger partial charge on any atom is 0.129 e. The third-order valence-electron chi connectivity index (χ3n) is 5.31. The van der Waals surface area contributed by atoms with Crippen LogP contribution in [0.25, 0.3) is 22.2 Å². The number of benzene rings is 1. The van der Waals surface area contributed by atoms with E-state index in [9.17, 15) is 0 Å². The number of fused-ring (bicyclic) bond motifs is 1. The highest BCUT2D eigenvalue weighted by atomic mass is 16.5. The number of aromatic amines is 1. The van der Waals surface area contributed by atoms with Crippen LogP contribution in [0.1, 0.15) is 26.7 Å². The molecule has 3 aromatic rings. The van der Waals surface area contributed by atoms with Gasteiger partial charge in [-0.3, -0.25) is 5.10 Å².